The Morgan fingerprint density at radius 3 is 2.82 bits per heavy atom. The van der Waals surface area contributed by atoms with Gasteiger partial charge in [-0.2, -0.15) is 4.98 Å². The van der Waals surface area contributed by atoms with Crippen LogP contribution in [0.3, 0.4) is 0 Å². The highest BCUT2D eigenvalue weighted by Gasteiger charge is 2.35. The van der Waals surface area contributed by atoms with Gasteiger partial charge in [-0.3, -0.25) is 4.79 Å². The third kappa shape index (κ3) is 2.69. The van der Waals surface area contributed by atoms with Crippen LogP contribution < -0.4 is 0 Å². The summed E-state index contributed by atoms with van der Waals surface area (Å²) in [4.78, 5) is 19.8. The molecule has 28 heavy (non-hydrogen) atoms. The van der Waals surface area contributed by atoms with E-state index in [0.29, 0.717) is 23.8 Å². The van der Waals surface area contributed by atoms with Crippen molar-refractivity contribution < 1.29 is 9.32 Å². The van der Waals surface area contributed by atoms with E-state index in [1.807, 2.05) is 77.3 Å². The highest BCUT2D eigenvalue weighted by atomic mass is 16.5. The molecule has 6 heteroatoms. The molecule has 1 aliphatic rings. The van der Waals surface area contributed by atoms with Crippen molar-refractivity contribution in [1.82, 2.24) is 19.6 Å². The Bertz CT molecular complexity index is 1150. The summed E-state index contributed by atoms with van der Waals surface area (Å²) in [5.41, 5.74) is 2.67. The van der Waals surface area contributed by atoms with Crippen LogP contribution in [0.15, 0.2) is 65.3 Å². The number of aryl methyl sites for hydroxylation is 1. The largest absolute Gasteiger partial charge is 0.351 e. The van der Waals surface area contributed by atoms with Gasteiger partial charge in [0.1, 0.15) is 6.04 Å². The fourth-order valence-electron chi connectivity index (χ4n) is 3.99. The van der Waals surface area contributed by atoms with Crippen molar-refractivity contribution in [1.29, 1.82) is 0 Å². The van der Waals surface area contributed by atoms with Gasteiger partial charge in [-0.05, 0) is 31.0 Å². The number of carbonyl (C=O) groups is 1. The standard InChI is InChI=1S/C22H20N4O2/c1-25-14-12-16-17(9-5-10-18(16)25)22(27)26-13-6-11-19(26)21-23-20(24-28-21)15-7-3-2-4-8-15/h2-5,7-10,12,14,19H,6,11,13H2,1H3/t19-/m1/s1. The number of hydrogen-bond donors (Lipinski definition) is 0. The second kappa shape index (κ2) is 6.64. The number of benzene rings is 2. The molecule has 0 unspecified atom stereocenters. The van der Waals surface area contributed by atoms with Crippen LogP contribution in [0.4, 0.5) is 0 Å². The Labute approximate surface area is 162 Å². The van der Waals surface area contributed by atoms with Gasteiger partial charge in [0, 0.05) is 41.8 Å². The second-order valence-electron chi connectivity index (χ2n) is 7.14. The molecule has 1 aliphatic heterocycles. The number of likely N-dealkylation sites (tertiary alicyclic amines) is 1. The van der Waals surface area contributed by atoms with E-state index >= 15 is 0 Å². The van der Waals surface area contributed by atoms with E-state index in [-0.39, 0.29) is 11.9 Å². The van der Waals surface area contributed by atoms with E-state index in [0.717, 1.165) is 29.3 Å². The maximum Gasteiger partial charge on any atom is 0.255 e. The van der Waals surface area contributed by atoms with Crippen molar-refractivity contribution in [3.05, 3.63) is 72.2 Å². The lowest BCUT2D eigenvalue weighted by molar-refractivity contribution is 0.0712. The van der Waals surface area contributed by atoms with Crippen molar-refractivity contribution in [3.8, 4) is 11.4 Å². The maximum atomic E-state index is 13.4. The average molecular weight is 372 g/mol. The zero-order valence-corrected chi connectivity index (χ0v) is 15.6. The Hall–Kier alpha value is -3.41. The number of aromatic nitrogens is 3. The summed E-state index contributed by atoms with van der Waals surface area (Å²) in [6.07, 6.45) is 3.73. The van der Waals surface area contributed by atoms with Gasteiger partial charge in [0.2, 0.25) is 11.7 Å². The highest BCUT2D eigenvalue weighted by molar-refractivity contribution is 6.06. The fourth-order valence-corrected chi connectivity index (χ4v) is 3.99. The molecule has 5 rings (SSSR count). The molecule has 1 amide bonds. The third-order valence-corrected chi connectivity index (χ3v) is 5.43. The minimum absolute atomic E-state index is 0.0127. The van der Waals surface area contributed by atoms with Gasteiger partial charge in [-0.1, -0.05) is 41.6 Å². The first-order valence-electron chi connectivity index (χ1n) is 9.46. The molecule has 0 saturated carbocycles. The molecular formula is C22H20N4O2. The molecule has 4 aromatic rings. The molecule has 0 aliphatic carbocycles. The molecule has 1 saturated heterocycles. The van der Waals surface area contributed by atoms with Gasteiger partial charge in [-0.15, -0.1) is 0 Å². The van der Waals surface area contributed by atoms with Crippen LogP contribution in [0.25, 0.3) is 22.3 Å². The summed E-state index contributed by atoms with van der Waals surface area (Å²) in [7, 11) is 1.98. The first-order valence-corrected chi connectivity index (χ1v) is 9.46. The zero-order chi connectivity index (χ0) is 19.1. The van der Waals surface area contributed by atoms with Crippen LogP contribution in [0.5, 0.6) is 0 Å². The lowest BCUT2D eigenvalue weighted by Gasteiger charge is -2.22. The Kier molecular flexibility index (Phi) is 3.97. The van der Waals surface area contributed by atoms with Crippen molar-refractivity contribution in [2.24, 2.45) is 7.05 Å². The summed E-state index contributed by atoms with van der Waals surface area (Å²) in [6, 6.07) is 17.4. The van der Waals surface area contributed by atoms with E-state index in [2.05, 4.69) is 10.1 Å². The first kappa shape index (κ1) is 16.7. The molecule has 0 bridgehead atoms. The summed E-state index contributed by atoms with van der Waals surface area (Å²) in [5.74, 6) is 1.07. The molecule has 0 spiro atoms. The van der Waals surface area contributed by atoms with Crippen molar-refractivity contribution in [3.63, 3.8) is 0 Å². The minimum atomic E-state index is -0.184. The van der Waals surface area contributed by atoms with Crippen LogP contribution >= 0.6 is 0 Å². The predicted molar refractivity (Wildman–Crippen MR) is 106 cm³/mol. The molecule has 3 heterocycles. The lowest BCUT2D eigenvalue weighted by Crippen LogP contribution is -2.30. The Morgan fingerprint density at radius 1 is 1.11 bits per heavy atom. The lowest BCUT2D eigenvalue weighted by atomic mass is 10.1. The Morgan fingerprint density at radius 2 is 1.96 bits per heavy atom. The summed E-state index contributed by atoms with van der Waals surface area (Å²) < 4.78 is 7.58. The van der Waals surface area contributed by atoms with Crippen molar-refractivity contribution in [2.75, 3.05) is 6.54 Å². The number of carbonyl (C=O) groups excluding carboxylic acids is 1. The molecule has 2 aromatic heterocycles. The highest BCUT2D eigenvalue weighted by Crippen LogP contribution is 2.34. The van der Waals surface area contributed by atoms with Crippen molar-refractivity contribution >= 4 is 16.8 Å². The van der Waals surface area contributed by atoms with Crippen molar-refractivity contribution in [2.45, 2.75) is 18.9 Å². The van der Waals surface area contributed by atoms with E-state index in [9.17, 15) is 4.79 Å². The van der Waals surface area contributed by atoms with E-state index in [4.69, 9.17) is 4.52 Å². The quantitative estimate of drug-likeness (QED) is 0.540. The van der Waals surface area contributed by atoms with Gasteiger partial charge >= 0.3 is 0 Å². The predicted octanol–water partition coefficient (Wildman–Crippen LogP) is 4.21. The minimum Gasteiger partial charge on any atom is -0.351 e. The van der Waals surface area contributed by atoms with Gasteiger partial charge in [-0.25, -0.2) is 0 Å². The molecule has 1 atom stereocenters. The van der Waals surface area contributed by atoms with Gasteiger partial charge in [0.15, 0.2) is 0 Å². The van der Waals surface area contributed by atoms with Crippen LogP contribution in [0.1, 0.15) is 35.1 Å². The monoisotopic (exact) mass is 372 g/mol. The molecule has 6 nitrogen and oxygen atoms in total. The summed E-state index contributed by atoms with van der Waals surface area (Å²) >= 11 is 0. The molecule has 2 aromatic carbocycles. The van der Waals surface area contributed by atoms with E-state index in [1.165, 1.54) is 0 Å². The molecule has 0 radical (unpaired) electrons. The number of nitrogens with zero attached hydrogens (tertiary/aromatic N) is 4. The zero-order valence-electron chi connectivity index (χ0n) is 15.6. The number of hydrogen-bond acceptors (Lipinski definition) is 4. The number of amides is 1. The third-order valence-electron chi connectivity index (χ3n) is 5.43. The van der Waals surface area contributed by atoms with Gasteiger partial charge in [0.05, 0.1) is 0 Å². The fraction of sp³-hybridized carbons (Fsp3) is 0.227. The van der Waals surface area contributed by atoms with Crippen LogP contribution in [0.2, 0.25) is 0 Å². The summed E-state index contributed by atoms with van der Waals surface area (Å²) in [6.45, 7) is 0.690. The molecule has 140 valence electrons. The number of fused-ring (bicyclic) bond motifs is 1. The molecular weight excluding hydrogens is 352 g/mol. The van der Waals surface area contributed by atoms with Gasteiger partial charge in [0.25, 0.3) is 5.91 Å². The normalized spacial score (nSPS) is 16.8. The smallest absolute Gasteiger partial charge is 0.255 e. The van der Waals surface area contributed by atoms with Crippen LogP contribution in [-0.4, -0.2) is 32.1 Å². The molecule has 0 N–H and O–H groups in total. The van der Waals surface area contributed by atoms with Gasteiger partial charge < -0.3 is 14.0 Å². The summed E-state index contributed by atoms with van der Waals surface area (Å²) in [5, 5.41) is 5.09. The molecule has 1 fully saturated rings. The topological polar surface area (TPSA) is 64.2 Å². The maximum absolute atomic E-state index is 13.4. The Balaban J connectivity index is 1.47. The SMILES string of the molecule is Cn1ccc2c(C(=O)N3CCC[C@@H]3c3nc(-c4ccccc4)no3)cccc21. The number of rotatable bonds is 3. The first-order chi connectivity index (χ1) is 13.7. The second-order valence-corrected chi connectivity index (χ2v) is 7.14. The average Bonchev–Trinajstić information content (AvgIpc) is 3.47. The van der Waals surface area contributed by atoms with E-state index in [1.54, 1.807) is 0 Å². The van der Waals surface area contributed by atoms with Crippen LogP contribution in [-0.2, 0) is 7.05 Å². The van der Waals surface area contributed by atoms with Crippen LogP contribution in [0, 0.1) is 0 Å². The van der Waals surface area contributed by atoms with E-state index < -0.39 is 0 Å².